The zero-order valence-electron chi connectivity index (χ0n) is 8.08. The van der Waals surface area contributed by atoms with Crippen LogP contribution in [-0.2, 0) is 4.84 Å². The summed E-state index contributed by atoms with van der Waals surface area (Å²) in [6.07, 6.45) is 2.01. The van der Waals surface area contributed by atoms with Crippen molar-refractivity contribution in [3.63, 3.8) is 0 Å². The molecule has 2 nitrogen and oxygen atoms in total. The van der Waals surface area contributed by atoms with Crippen LogP contribution in [0.1, 0.15) is 25.3 Å². The second-order valence-electron chi connectivity index (χ2n) is 2.76. The van der Waals surface area contributed by atoms with E-state index in [1.807, 2.05) is 24.3 Å². The van der Waals surface area contributed by atoms with Crippen LogP contribution in [0.15, 0.2) is 29.4 Å². The molecule has 1 radical (unpaired) electrons. The molecule has 69 valence electrons. The Kier molecular flexibility index (Phi) is 4.03. The second kappa shape index (κ2) is 5.36. The van der Waals surface area contributed by atoms with Crippen molar-refractivity contribution in [2.45, 2.75) is 19.8 Å². The third kappa shape index (κ3) is 2.90. The molecule has 0 N–H and O–H groups in total. The van der Waals surface area contributed by atoms with Crippen molar-refractivity contribution in [3.05, 3.63) is 35.9 Å². The first-order chi connectivity index (χ1) is 6.38. The zero-order chi connectivity index (χ0) is 9.52. The molecule has 0 spiro atoms. The van der Waals surface area contributed by atoms with Crippen LogP contribution in [0, 0.1) is 6.07 Å². The molecule has 0 amide bonds. The van der Waals surface area contributed by atoms with Crippen molar-refractivity contribution in [2.24, 2.45) is 5.16 Å². The van der Waals surface area contributed by atoms with Gasteiger partial charge in [-0.15, -0.1) is 0 Å². The first kappa shape index (κ1) is 9.78. The molecule has 0 fully saturated rings. The number of hydrogen-bond donors (Lipinski definition) is 0. The van der Waals surface area contributed by atoms with Crippen molar-refractivity contribution in [1.29, 1.82) is 0 Å². The lowest BCUT2D eigenvalue weighted by Crippen LogP contribution is -2.00. The van der Waals surface area contributed by atoms with Crippen molar-refractivity contribution in [3.8, 4) is 0 Å². The molecular weight excluding hydrogens is 162 g/mol. The fourth-order valence-electron chi connectivity index (χ4n) is 1.17. The Bertz CT molecular complexity index is 267. The Labute approximate surface area is 79.2 Å². The standard InChI is InChI=1S/C11H14NO/c1-3-7-11(12-13-2)10-8-5-4-6-9-10/h5-6,8-9H,3,7H2,1-2H3. The quantitative estimate of drug-likeness (QED) is 0.510. The summed E-state index contributed by atoms with van der Waals surface area (Å²) in [5.41, 5.74) is 2.11. The molecular formula is C11H14NO. The summed E-state index contributed by atoms with van der Waals surface area (Å²) in [4.78, 5) is 4.79. The molecule has 0 aromatic heterocycles. The van der Waals surface area contributed by atoms with E-state index in [0.29, 0.717) is 0 Å². The summed E-state index contributed by atoms with van der Waals surface area (Å²) in [6.45, 7) is 2.13. The fraction of sp³-hybridized carbons (Fsp3) is 0.364. The predicted octanol–water partition coefficient (Wildman–Crippen LogP) is 2.64. The summed E-state index contributed by atoms with van der Waals surface area (Å²) >= 11 is 0. The van der Waals surface area contributed by atoms with E-state index < -0.39 is 0 Å². The van der Waals surface area contributed by atoms with E-state index in [-0.39, 0.29) is 0 Å². The van der Waals surface area contributed by atoms with E-state index in [9.17, 15) is 0 Å². The Morgan fingerprint density at radius 3 is 2.69 bits per heavy atom. The first-order valence-corrected chi connectivity index (χ1v) is 4.45. The highest BCUT2D eigenvalue weighted by Crippen LogP contribution is 2.06. The number of rotatable bonds is 4. The van der Waals surface area contributed by atoms with Crippen LogP contribution in [0.2, 0.25) is 0 Å². The smallest absolute Gasteiger partial charge is 0.106 e. The van der Waals surface area contributed by atoms with E-state index >= 15 is 0 Å². The summed E-state index contributed by atoms with van der Waals surface area (Å²) < 4.78 is 0. The predicted molar refractivity (Wildman–Crippen MR) is 53.7 cm³/mol. The highest BCUT2D eigenvalue weighted by atomic mass is 16.6. The molecule has 0 heterocycles. The molecule has 0 aliphatic rings. The Morgan fingerprint density at radius 1 is 1.46 bits per heavy atom. The lowest BCUT2D eigenvalue weighted by Gasteiger charge is -2.02. The summed E-state index contributed by atoms with van der Waals surface area (Å²) in [5.74, 6) is 0. The van der Waals surface area contributed by atoms with Gasteiger partial charge in [0.05, 0.1) is 5.71 Å². The van der Waals surface area contributed by atoms with E-state index in [0.717, 1.165) is 24.1 Å². The lowest BCUT2D eigenvalue weighted by atomic mass is 10.1. The van der Waals surface area contributed by atoms with Gasteiger partial charge in [0.25, 0.3) is 0 Å². The van der Waals surface area contributed by atoms with Crippen LogP contribution < -0.4 is 0 Å². The van der Waals surface area contributed by atoms with Crippen molar-refractivity contribution in [1.82, 2.24) is 0 Å². The number of oxime groups is 1. The fourth-order valence-corrected chi connectivity index (χ4v) is 1.17. The van der Waals surface area contributed by atoms with Gasteiger partial charge in [-0.3, -0.25) is 0 Å². The van der Waals surface area contributed by atoms with Gasteiger partial charge < -0.3 is 4.84 Å². The van der Waals surface area contributed by atoms with Crippen molar-refractivity contribution < 1.29 is 4.84 Å². The van der Waals surface area contributed by atoms with Gasteiger partial charge in [0.2, 0.25) is 0 Å². The monoisotopic (exact) mass is 176 g/mol. The van der Waals surface area contributed by atoms with Gasteiger partial charge in [-0.25, -0.2) is 0 Å². The molecule has 1 aromatic rings. The maximum Gasteiger partial charge on any atom is 0.106 e. The van der Waals surface area contributed by atoms with Gasteiger partial charge in [-0.1, -0.05) is 42.8 Å². The second-order valence-corrected chi connectivity index (χ2v) is 2.76. The molecule has 0 atom stereocenters. The van der Waals surface area contributed by atoms with Crippen molar-refractivity contribution in [2.75, 3.05) is 7.11 Å². The Balaban J connectivity index is 2.83. The van der Waals surface area contributed by atoms with Crippen LogP contribution >= 0.6 is 0 Å². The molecule has 0 unspecified atom stereocenters. The van der Waals surface area contributed by atoms with Crippen LogP contribution in [0.25, 0.3) is 0 Å². The van der Waals surface area contributed by atoms with E-state index in [4.69, 9.17) is 4.84 Å². The molecule has 1 aromatic carbocycles. The maximum atomic E-state index is 4.79. The third-order valence-corrected chi connectivity index (χ3v) is 1.74. The molecule has 0 saturated heterocycles. The van der Waals surface area contributed by atoms with Gasteiger partial charge in [-0.2, -0.15) is 0 Å². The maximum absolute atomic E-state index is 4.79. The number of benzene rings is 1. The Hall–Kier alpha value is -1.31. The van der Waals surface area contributed by atoms with E-state index in [1.54, 1.807) is 7.11 Å². The minimum atomic E-state index is 0.942. The van der Waals surface area contributed by atoms with Crippen LogP contribution in [-0.4, -0.2) is 12.8 Å². The van der Waals surface area contributed by atoms with Gasteiger partial charge in [0.15, 0.2) is 0 Å². The van der Waals surface area contributed by atoms with Crippen LogP contribution in [0.5, 0.6) is 0 Å². The minimum absolute atomic E-state index is 0.942. The molecule has 13 heavy (non-hydrogen) atoms. The molecule has 0 bridgehead atoms. The van der Waals surface area contributed by atoms with Gasteiger partial charge >= 0.3 is 0 Å². The summed E-state index contributed by atoms with van der Waals surface area (Å²) in [5, 5.41) is 3.99. The SMILES string of the molecule is CCCC(=NOC)c1cc[c]cc1. The third-order valence-electron chi connectivity index (χ3n) is 1.74. The van der Waals surface area contributed by atoms with Gasteiger partial charge in [-0.05, 0) is 18.1 Å². The number of nitrogens with zero attached hydrogens (tertiary/aromatic N) is 1. The average Bonchev–Trinajstić information content (AvgIpc) is 2.19. The lowest BCUT2D eigenvalue weighted by molar-refractivity contribution is 0.213. The van der Waals surface area contributed by atoms with Gasteiger partial charge in [0.1, 0.15) is 7.11 Å². The highest BCUT2D eigenvalue weighted by Gasteiger charge is 2.01. The molecule has 1 rings (SSSR count). The first-order valence-electron chi connectivity index (χ1n) is 4.45. The molecule has 0 aliphatic carbocycles. The average molecular weight is 176 g/mol. The zero-order valence-corrected chi connectivity index (χ0v) is 8.08. The highest BCUT2D eigenvalue weighted by molar-refractivity contribution is 6.00. The van der Waals surface area contributed by atoms with Crippen LogP contribution in [0.4, 0.5) is 0 Å². The normalized spacial score (nSPS) is 11.4. The number of hydrogen-bond acceptors (Lipinski definition) is 2. The van der Waals surface area contributed by atoms with Gasteiger partial charge in [0, 0.05) is 0 Å². The minimum Gasteiger partial charge on any atom is -0.399 e. The van der Waals surface area contributed by atoms with E-state index in [1.165, 1.54) is 0 Å². The molecule has 2 heteroatoms. The molecule has 0 saturated carbocycles. The van der Waals surface area contributed by atoms with E-state index in [2.05, 4.69) is 18.1 Å². The van der Waals surface area contributed by atoms with Crippen molar-refractivity contribution >= 4 is 5.71 Å². The molecule has 0 aliphatic heterocycles. The van der Waals surface area contributed by atoms with Crippen LogP contribution in [0.3, 0.4) is 0 Å². The summed E-state index contributed by atoms with van der Waals surface area (Å²) in [7, 11) is 1.57. The Morgan fingerprint density at radius 2 is 2.15 bits per heavy atom. The topological polar surface area (TPSA) is 21.6 Å². The largest absolute Gasteiger partial charge is 0.399 e. The summed E-state index contributed by atoms with van der Waals surface area (Å²) in [6, 6.07) is 10.7.